The molecule has 0 unspecified atom stereocenters. The minimum atomic E-state index is 0.0542. The van der Waals surface area contributed by atoms with Crippen molar-refractivity contribution in [3.05, 3.63) is 35.4 Å². The lowest BCUT2D eigenvalue weighted by Crippen LogP contribution is -2.45. The highest BCUT2D eigenvalue weighted by Gasteiger charge is 2.30. The molecular weight excluding hydrogens is 194 g/mol. The Bertz CT molecular complexity index is 348. The van der Waals surface area contributed by atoms with Gasteiger partial charge < -0.3 is 5.73 Å². The van der Waals surface area contributed by atoms with Gasteiger partial charge in [0.05, 0.1) is 0 Å². The third-order valence-corrected chi connectivity index (χ3v) is 4.07. The predicted octanol–water partition coefficient (Wildman–Crippen LogP) is 3.45. The maximum absolute atomic E-state index is 6.52. The number of hydrogen-bond acceptors (Lipinski definition) is 1. The molecule has 88 valence electrons. The summed E-state index contributed by atoms with van der Waals surface area (Å²) in [6.45, 7) is 4.53. The van der Waals surface area contributed by atoms with Crippen LogP contribution in [0, 0.1) is 12.8 Å². The van der Waals surface area contributed by atoms with Crippen LogP contribution < -0.4 is 5.73 Å². The Morgan fingerprint density at radius 3 is 2.50 bits per heavy atom. The van der Waals surface area contributed by atoms with Crippen molar-refractivity contribution in [1.82, 2.24) is 0 Å². The molecule has 0 spiro atoms. The zero-order valence-corrected chi connectivity index (χ0v) is 10.5. The summed E-state index contributed by atoms with van der Waals surface area (Å²) in [5.74, 6) is 0.869. The first-order valence-corrected chi connectivity index (χ1v) is 6.42. The molecule has 0 aliphatic heterocycles. The highest BCUT2D eigenvalue weighted by Crippen LogP contribution is 2.32. The molecule has 1 fully saturated rings. The van der Waals surface area contributed by atoms with Crippen LogP contribution in [0.25, 0.3) is 0 Å². The Kier molecular flexibility index (Phi) is 3.34. The highest BCUT2D eigenvalue weighted by molar-refractivity contribution is 5.27. The van der Waals surface area contributed by atoms with Crippen molar-refractivity contribution in [2.75, 3.05) is 0 Å². The molecule has 0 atom stereocenters. The van der Waals surface area contributed by atoms with Crippen LogP contribution in [-0.2, 0) is 6.42 Å². The van der Waals surface area contributed by atoms with Gasteiger partial charge in [-0.2, -0.15) is 0 Å². The maximum atomic E-state index is 6.52. The van der Waals surface area contributed by atoms with Crippen LogP contribution in [-0.4, -0.2) is 5.54 Å². The maximum Gasteiger partial charge on any atom is 0.0195 e. The van der Waals surface area contributed by atoms with Gasteiger partial charge in [0, 0.05) is 5.54 Å². The number of benzene rings is 1. The van der Waals surface area contributed by atoms with Gasteiger partial charge >= 0.3 is 0 Å². The summed E-state index contributed by atoms with van der Waals surface area (Å²) in [7, 11) is 0. The average Bonchev–Trinajstić information content (AvgIpc) is 2.27. The summed E-state index contributed by atoms with van der Waals surface area (Å²) >= 11 is 0. The summed E-state index contributed by atoms with van der Waals surface area (Å²) in [6.07, 6.45) is 6.00. The van der Waals surface area contributed by atoms with Gasteiger partial charge in [0.2, 0.25) is 0 Å². The summed E-state index contributed by atoms with van der Waals surface area (Å²) in [6, 6.07) is 8.63. The normalized spacial score (nSPS) is 30.3. The zero-order valence-electron chi connectivity index (χ0n) is 10.5. The van der Waals surface area contributed by atoms with Gasteiger partial charge in [0.1, 0.15) is 0 Å². The second kappa shape index (κ2) is 4.58. The van der Waals surface area contributed by atoms with Crippen LogP contribution in [0.15, 0.2) is 24.3 Å². The van der Waals surface area contributed by atoms with Gasteiger partial charge in [-0.3, -0.25) is 0 Å². The monoisotopic (exact) mass is 217 g/mol. The molecule has 1 aromatic carbocycles. The second-order valence-corrected chi connectivity index (χ2v) is 5.65. The topological polar surface area (TPSA) is 26.0 Å². The number of aryl methyl sites for hydroxylation is 1. The lowest BCUT2D eigenvalue weighted by molar-refractivity contribution is 0.243. The van der Waals surface area contributed by atoms with E-state index in [4.69, 9.17) is 5.73 Å². The minimum Gasteiger partial charge on any atom is -0.325 e. The van der Waals surface area contributed by atoms with Crippen LogP contribution in [0.2, 0.25) is 0 Å². The molecule has 0 aromatic heterocycles. The van der Waals surface area contributed by atoms with Crippen molar-refractivity contribution in [3.63, 3.8) is 0 Å². The van der Waals surface area contributed by atoms with Crippen molar-refractivity contribution < 1.29 is 0 Å². The summed E-state index contributed by atoms with van der Waals surface area (Å²) in [5.41, 5.74) is 9.39. The molecule has 2 N–H and O–H groups in total. The Hall–Kier alpha value is -0.820. The molecule has 2 rings (SSSR count). The van der Waals surface area contributed by atoms with E-state index in [0.717, 1.165) is 12.3 Å². The summed E-state index contributed by atoms with van der Waals surface area (Å²) < 4.78 is 0. The SMILES string of the molecule is Cc1ccccc1CC1(N)CCC(C)CC1. The van der Waals surface area contributed by atoms with E-state index in [0.29, 0.717) is 0 Å². The van der Waals surface area contributed by atoms with Crippen molar-refractivity contribution in [3.8, 4) is 0 Å². The van der Waals surface area contributed by atoms with Gasteiger partial charge in [-0.15, -0.1) is 0 Å². The highest BCUT2D eigenvalue weighted by atomic mass is 14.7. The molecule has 0 bridgehead atoms. The van der Waals surface area contributed by atoms with E-state index in [1.165, 1.54) is 36.8 Å². The van der Waals surface area contributed by atoms with E-state index < -0.39 is 0 Å². The number of rotatable bonds is 2. The fourth-order valence-corrected chi connectivity index (χ4v) is 2.70. The van der Waals surface area contributed by atoms with E-state index >= 15 is 0 Å². The smallest absolute Gasteiger partial charge is 0.0195 e. The summed E-state index contributed by atoms with van der Waals surface area (Å²) in [5, 5.41) is 0. The minimum absolute atomic E-state index is 0.0542. The Labute approximate surface area is 99.0 Å². The van der Waals surface area contributed by atoms with Crippen LogP contribution in [0.5, 0.6) is 0 Å². The Morgan fingerprint density at radius 2 is 1.88 bits per heavy atom. The quantitative estimate of drug-likeness (QED) is 0.806. The first-order chi connectivity index (χ1) is 7.59. The summed E-state index contributed by atoms with van der Waals surface area (Å²) in [4.78, 5) is 0. The molecule has 1 heteroatoms. The van der Waals surface area contributed by atoms with E-state index in [1.807, 2.05) is 0 Å². The second-order valence-electron chi connectivity index (χ2n) is 5.65. The van der Waals surface area contributed by atoms with Crippen molar-refractivity contribution >= 4 is 0 Å². The Morgan fingerprint density at radius 1 is 1.25 bits per heavy atom. The lowest BCUT2D eigenvalue weighted by Gasteiger charge is -2.36. The molecule has 16 heavy (non-hydrogen) atoms. The molecule has 0 saturated heterocycles. The van der Waals surface area contributed by atoms with Crippen LogP contribution in [0.3, 0.4) is 0 Å². The van der Waals surface area contributed by atoms with Crippen LogP contribution in [0.1, 0.15) is 43.7 Å². The molecule has 0 heterocycles. The zero-order chi connectivity index (χ0) is 11.6. The molecular formula is C15H23N. The van der Waals surface area contributed by atoms with Crippen molar-refractivity contribution in [2.24, 2.45) is 11.7 Å². The van der Waals surface area contributed by atoms with Crippen molar-refractivity contribution in [2.45, 2.75) is 51.5 Å². The van der Waals surface area contributed by atoms with E-state index in [9.17, 15) is 0 Å². The first kappa shape index (κ1) is 11.7. The molecule has 0 radical (unpaired) electrons. The van der Waals surface area contributed by atoms with Crippen LogP contribution >= 0.6 is 0 Å². The van der Waals surface area contributed by atoms with Gasteiger partial charge in [0.15, 0.2) is 0 Å². The van der Waals surface area contributed by atoms with Gasteiger partial charge in [-0.05, 0) is 56.1 Å². The molecule has 0 amide bonds. The van der Waals surface area contributed by atoms with E-state index in [2.05, 4.69) is 38.1 Å². The van der Waals surface area contributed by atoms with Gasteiger partial charge in [0.25, 0.3) is 0 Å². The number of hydrogen-bond donors (Lipinski definition) is 1. The third kappa shape index (κ3) is 2.65. The van der Waals surface area contributed by atoms with Crippen molar-refractivity contribution in [1.29, 1.82) is 0 Å². The molecule has 1 aromatic rings. The Balaban J connectivity index is 2.07. The standard InChI is InChI=1S/C15H23N/c1-12-7-9-15(16,10-8-12)11-14-6-4-3-5-13(14)2/h3-6,12H,7-11,16H2,1-2H3. The predicted molar refractivity (Wildman–Crippen MR) is 69.4 cm³/mol. The van der Waals surface area contributed by atoms with Crippen LogP contribution in [0.4, 0.5) is 0 Å². The van der Waals surface area contributed by atoms with E-state index in [-0.39, 0.29) is 5.54 Å². The third-order valence-electron chi connectivity index (χ3n) is 4.07. The first-order valence-electron chi connectivity index (χ1n) is 6.42. The lowest BCUT2D eigenvalue weighted by atomic mass is 9.74. The molecule has 1 nitrogen and oxygen atoms in total. The van der Waals surface area contributed by atoms with E-state index in [1.54, 1.807) is 0 Å². The molecule has 1 saturated carbocycles. The molecule has 1 aliphatic carbocycles. The van der Waals surface area contributed by atoms with Gasteiger partial charge in [-0.1, -0.05) is 31.2 Å². The largest absolute Gasteiger partial charge is 0.325 e. The fraction of sp³-hybridized carbons (Fsp3) is 0.600. The average molecular weight is 217 g/mol. The number of nitrogens with two attached hydrogens (primary N) is 1. The fourth-order valence-electron chi connectivity index (χ4n) is 2.70. The van der Waals surface area contributed by atoms with Gasteiger partial charge in [-0.25, -0.2) is 0 Å². The molecule has 1 aliphatic rings.